The van der Waals surface area contributed by atoms with Gasteiger partial charge in [0.25, 0.3) is 5.91 Å². The first-order valence-electron chi connectivity index (χ1n) is 7.70. The van der Waals surface area contributed by atoms with Gasteiger partial charge in [0.2, 0.25) is 0 Å². The summed E-state index contributed by atoms with van der Waals surface area (Å²) >= 11 is 0. The van der Waals surface area contributed by atoms with Crippen molar-refractivity contribution in [3.63, 3.8) is 0 Å². The highest BCUT2D eigenvalue weighted by Crippen LogP contribution is 2.28. The Morgan fingerprint density at radius 3 is 2.75 bits per heavy atom. The summed E-state index contributed by atoms with van der Waals surface area (Å²) in [6.07, 6.45) is 0.736. The number of amides is 1. The summed E-state index contributed by atoms with van der Waals surface area (Å²) in [4.78, 5) is 13.8. The van der Waals surface area contributed by atoms with Crippen LogP contribution in [0.2, 0.25) is 0 Å². The van der Waals surface area contributed by atoms with Gasteiger partial charge in [-0.1, -0.05) is 18.7 Å². The maximum atomic E-state index is 13.2. The molecule has 1 N–H and O–H groups in total. The van der Waals surface area contributed by atoms with Gasteiger partial charge in [-0.3, -0.25) is 4.79 Å². The fraction of sp³-hybridized carbons (Fsp3) is 0.211. The van der Waals surface area contributed by atoms with Crippen LogP contribution in [0.25, 0.3) is 0 Å². The molecule has 1 aliphatic heterocycles. The average molecular weight is 327 g/mol. The monoisotopic (exact) mass is 327 g/mol. The Kier molecular flexibility index (Phi) is 4.62. The lowest BCUT2D eigenvalue weighted by Crippen LogP contribution is -2.37. The fourth-order valence-electron chi connectivity index (χ4n) is 2.73. The van der Waals surface area contributed by atoms with Crippen LogP contribution in [0, 0.1) is 5.82 Å². The van der Waals surface area contributed by atoms with Gasteiger partial charge in [-0.2, -0.15) is 0 Å². The van der Waals surface area contributed by atoms with Crippen LogP contribution in [0.15, 0.2) is 54.6 Å². The highest BCUT2D eigenvalue weighted by Gasteiger charge is 2.22. The highest BCUT2D eigenvalue weighted by atomic mass is 19.1. The Morgan fingerprint density at radius 2 is 2.00 bits per heavy atom. The van der Waals surface area contributed by atoms with Crippen LogP contribution in [-0.4, -0.2) is 29.1 Å². The quantitative estimate of drug-likeness (QED) is 0.878. The molecule has 3 rings (SSSR count). The molecule has 1 amide bonds. The third-order valence-corrected chi connectivity index (χ3v) is 4.00. The van der Waals surface area contributed by atoms with E-state index in [1.54, 1.807) is 17.0 Å². The number of benzene rings is 2. The van der Waals surface area contributed by atoms with Crippen molar-refractivity contribution in [2.45, 2.75) is 13.0 Å². The second-order valence-corrected chi connectivity index (χ2v) is 5.73. The van der Waals surface area contributed by atoms with Gasteiger partial charge in [-0.05, 0) is 41.8 Å². The minimum atomic E-state index is -0.357. The molecule has 0 saturated heterocycles. The molecule has 0 spiro atoms. The number of carbonyl (C=O) groups is 1. The van der Waals surface area contributed by atoms with Crippen molar-refractivity contribution < 1.29 is 19.0 Å². The van der Waals surface area contributed by atoms with Crippen molar-refractivity contribution in [2.24, 2.45) is 0 Å². The normalized spacial score (nSPS) is 13.3. The molecule has 0 unspecified atom stereocenters. The number of carbonyl (C=O) groups excluding carboxylic acids is 1. The molecule has 5 heteroatoms. The van der Waals surface area contributed by atoms with Gasteiger partial charge < -0.3 is 14.7 Å². The van der Waals surface area contributed by atoms with Crippen LogP contribution in [0.4, 0.5) is 4.39 Å². The Bertz CT molecular complexity index is 788. The van der Waals surface area contributed by atoms with Gasteiger partial charge in [0.05, 0.1) is 6.61 Å². The van der Waals surface area contributed by atoms with E-state index in [1.165, 1.54) is 12.1 Å². The van der Waals surface area contributed by atoms with E-state index in [9.17, 15) is 9.18 Å². The molecular weight excluding hydrogens is 309 g/mol. The predicted molar refractivity (Wildman–Crippen MR) is 88.3 cm³/mol. The van der Waals surface area contributed by atoms with Crippen LogP contribution in [0.3, 0.4) is 0 Å². The molecule has 0 saturated carbocycles. The predicted octanol–water partition coefficient (Wildman–Crippen LogP) is 3.05. The lowest BCUT2D eigenvalue weighted by molar-refractivity contribution is -0.128. The minimum Gasteiger partial charge on any atom is -0.457 e. The lowest BCUT2D eigenvalue weighted by Gasteiger charge is -2.29. The van der Waals surface area contributed by atoms with Gasteiger partial charge in [0.15, 0.2) is 0 Å². The van der Waals surface area contributed by atoms with Crippen LogP contribution in [-0.2, 0) is 17.8 Å². The molecule has 4 nitrogen and oxygen atoms in total. The van der Waals surface area contributed by atoms with Gasteiger partial charge >= 0.3 is 0 Å². The third-order valence-electron chi connectivity index (χ3n) is 4.00. The molecule has 1 heterocycles. The lowest BCUT2D eigenvalue weighted by atomic mass is 9.99. The maximum Gasteiger partial charge on any atom is 0.251 e. The smallest absolute Gasteiger partial charge is 0.251 e. The van der Waals surface area contributed by atoms with Gasteiger partial charge in [-0.25, -0.2) is 4.39 Å². The molecule has 0 atom stereocenters. The number of nitrogens with zero attached hydrogens (tertiary/aromatic N) is 1. The topological polar surface area (TPSA) is 49.8 Å². The van der Waals surface area contributed by atoms with Crippen molar-refractivity contribution in [1.29, 1.82) is 0 Å². The van der Waals surface area contributed by atoms with Crippen LogP contribution in [0.1, 0.15) is 11.1 Å². The van der Waals surface area contributed by atoms with Crippen LogP contribution >= 0.6 is 0 Å². The van der Waals surface area contributed by atoms with E-state index in [-0.39, 0.29) is 23.9 Å². The largest absolute Gasteiger partial charge is 0.457 e. The summed E-state index contributed by atoms with van der Waals surface area (Å²) in [5, 5.41) is 9.06. The SMILES string of the molecule is C=C(CO)C(=O)N1CCc2ccc(Oc3cccc(F)c3)cc2C1. The van der Waals surface area contributed by atoms with E-state index in [1.807, 2.05) is 18.2 Å². The van der Waals surface area contributed by atoms with E-state index < -0.39 is 0 Å². The van der Waals surface area contributed by atoms with Crippen LogP contribution < -0.4 is 4.74 Å². The molecule has 0 fully saturated rings. The second kappa shape index (κ2) is 6.84. The van der Waals surface area contributed by atoms with Gasteiger partial charge in [-0.15, -0.1) is 0 Å². The van der Waals surface area contributed by atoms with Crippen molar-refractivity contribution in [3.05, 3.63) is 71.6 Å². The Labute approximate surface area is 139 Å². The Morgan fingerprint density at radius 1 is 1.21 bits per heavy atom. The summed E-state index contributed by atoms with van der Waals surface area (Å²) in [6, 6.07) is 11.6. The second-order valence-electron chi connectivity index (χ2n) is 5.73. The van der Waals surface area contributed by atoms with E-state index in [2.05, 4.69) is 6.58 Å². The van der Waals surface area contributed by atoms with Crippen molar-refractivity contribution in [3.8, 4) is 11.5 Å². The van der Waals surface area contributed by atoms with Crippen LogP contribution in [0.5, 0.6) is 11.5 Å². The third kappa shape index (κ3) is 3.46. The van der Waals surface area contributed by atoms with Crippen molar-refractivity contribution in [1.82, 2.24) is 4.90 Å². The zero-order valence-electron chi connectivity index (χ0n) is 13.2. The number of fused-ring (bicyclic) bond motifs is 1. The maximum absolute atomic E-state index is 13.2. The molecule has 124 valence electrons. The summed E-state index contributed by atoms with van der Waals surface area (Å²) in [5.41, 5.74) is 2.32. The molecule has 2 aromatic rings. The standard InChI is InChI=1S/C19H18FNO3/c1-13(12-22)19(23)21-8-7-14-5-6-18(9-15(14)11-21)24-17-4-2-3-16(20)10-17/h2-6,9-10,22H,1,7-8,11-12H2. The Hall–Kier alpha value is -2.66. The van der Waals surface area contributed by atoms with Crippen molar-refractivity contribution >= 4 is 5.91 Å². The number of hydrogen-bond acceptors (Lipinski definition) is 3. The summed E-state index contributed by atoms with van der Waals surface area (Å²) in [6.45, 7) is 4.27. The van der Waals surface area contributed by atoms with E-state index in [4.69, 9.17) is 9.84 Å². The average Bonchev–Trinajstić information content (AvgIpc) is 2.59. The first-order chi connectivity index (χ1) is 11.6. The van der Waals surface area contributed by atoms with Gasteiger partial charge in [0.1, 0.15) is 17.3 Å². The number of rotatable bonds is 4. The van der Waals surface area contributed by atoms with E-state index >= 15 is 0 Å². The number of aliphatic hydroxyl groups is 1. The first-order valence-corrected chi connectivity index (χ1v) is 7.70. The number of hydrogen-bond donors (Lipinski definition) is 1. The molecule has 0 aromatic heterocycles. The first kappa shape index (κ1) is 16.2. The molecule has 0 radical (unpaired) electrons. The minimum absolute atomic E-state index is 0.186. The zero-order chi connectivity index (χ0) is 17.1. The molecular formula is C19H18FNO3. The zero-order valence-corrected chi connectivity index (χ0v) is 13.2. The molecule has 24 heavy (non-hydrogen) atoms. The molecule has 1 aliphatic rings. The number of ether oxygens (including phenoxy) is 1. The fourth-order valence-corrected chi connectivity index (χ4v) is 2.73. The number of halogens is 1. The summed E-state index contributed by atoms with van der Waals surface area (Å²) < 4.78 is 18.9. The molecule has 2 aromatic carbocycles. The molecule has 0 bridgehead atoms. The molecule has 0 aliphatic carbocycles. The Balaban J connectivity index is 1.78. The van der Waals surface area contributed by atoms with E-state index in [0.29, 0.717) is 24.6 Å². The summed E-state index contributed by atoms with van der Waals surface area (Å²) in [5.74, 6) is 0.423. The summed E-state index contributed by atoms with van der Waals surface area (Å²) in [7, 11) is 0. The number of aliphatic hydroxyl groups excluding tert-OH is 1. The van der Waals surface area contributed by atoms with Gasteiger partial charge in [0, 0.05) is 24.7 Å². The highest BCUT2D eigenvalue weighted by molar-refractivity contribution is 5.93. The van der Waals surface area contributed by atoms with Crippen molar-refractivity contribution in [2.75, 3.05) is 13.2 Å². The van der Waals surface area contributed by atoms with E-state index in [0.717, 1.165) is 17.5 Å².